The van der Waals surface area contributed by atoms with Crippen LogP contribution in [-0.4, -0.2) is 43.4 Å². The van der Waals surface area contributed by atoms with Crippen molar-refractivity contribution in [2.24, 2.45) is 0 Å². The molecule has 2 heterocycles. The van der Waals surface area contributed by atoms with Gasteiger partial charge in [0.25, 0.3) is 0 Å². The number of rotatable bonds is 2. The van der Waals surface area contributed by atoms with Gasteiger partial charge in [-0.2, -0.15) is 0 Å². The zero-order chi connectivity index (χ0) is 16.0. The zero-order valence-electron chi connectivity index (χ0n) is 14.6. The molecule has 22 heavy (non-hydrogen) atoms. The second-order valence-corrected chi connectivity index (χ2v) is 7.86. The molecule has 0 N–H and O–H groups in total. The average Bonchev–Trinajstić information content (AvgIpc) is 2.68. The lowest BCUT2D eigenvalue weighted by atomic mass is 9.78. The van der Waals surface area contributed by atoms with Crippen LogP contribution in [0.25, 0.3) is 0 Å². The Hall–Kier alpha value is -0.835. The first-order chi connectivity index (χ1) is 10.3. The van der Waals surface area contributed by atoms with Crippen LogP contribution in [-0.2, 0) is 9.31 Å². The summed E-state index contributed by atoms with van der Waals surface area (Å²) in [7, 11) is 1.96. The normalized spacial score (nSPS) is 28.0. The minimum absolute atomic E-state index is 0.256. The van der Waals surface area contributed by atoms with Crippen molar-refractivity contribution in [2.75, 3.05) is 20.1 Å². The Kier molecular flexibility index (Phi) is 4.13. The van der Waals surface area contributed by atoms with Gasteiger partial charge in [0.1, 0.15) is 0 Å². The molecule has 0 spiro atoms. The van der Waals surface area contributed by atoms with Gasteiger partial charge in [0, 0.05) is 6.54 Å². The molecule has 2 saturated heterocycles. The maximum absolute atomic E-state index is 6.12. The van der Waals surface area contributed by atoms with Crippen molar-refractivity contribution in [2.45, 2.75) is 57.7 Å². The number of piperidine rings is 1. The number of hydrogen-bond donors (Lipinski definition) is 0. The maximum Gasteiger partial charge on any atom is 0.494 e. The van der Waals surface area contributed by atoms with Crippen LogP contribution in [0.1, 0.15) is 52.0 Å². The molecule has 0 saturated carbocycles. The molecule has 120 valence electrons. The highest BCUT2D eigenvalue weighted by molar-refractivity contribution is 6.62. The van der Waals surface area contributed by atoms with E-state index in [-0.39, 0.29) is 18.3 Å². The van der Waals surface area contributed by atoms with E-state index in [1.165, 1.54) is 24.9 Å². The minimum Gasteiger partial charge on any atom is -0.399 e. The largest absolute Gasteiger partial charge is 0.494 e. The topological polar surface area (TPSA) is 21.7 Å². The molecule has 1 atom stereocenters. The number of nitrogens with zero attached hydrogens (tertiary/aromatic N) is 1. The fourth-order valence-electron chi connectivity index (χ4n) is 3.34. The molecule has 2 aliphatic rings. The van der Waals surface area contributed by atoms with Crippen molar-refractivity contribution in [1.82, 2.24) is 4.90 Å². The van der Waals surface area contributed by atoms with Gasteiger partial charge in [-0.15, -0.1) is 0 Å². The third kappa shape index (κ3) is 2.97. The Morgan fingerprint density at radius 2 is 1.64 bits per heavy atom. The maximum atomic E-state index is 6.12. The van der Waals surface area contributed by atoms with Crippen molar-refractivity contribution in [3.63, 3.8) is 0 Å². The standard InChI is InChI=1S/C18H28BNO2/c1-17(2)18(3,4)22-19(21-17)16-10-8-14(9-11-16)15-7-6-12-20(5)13-15/h8-11,15H,6-7,12-13H2,1-5H3/t15-/m0/s1. The molecule has 0 aliphatic carbocycles. The minimum atomic E-state index is -0.275. The molecule has 0 unspecified atom stereocenters. The summed E-state index contributed by atoms with van der Waals surface area (Å²) >= 11 is 0. The lowest BCUT2D eigenvalue weighted by molar-refractivity contribution is 0.00578. The summed E-state index contributed by atoms with van der Waals surface area (Å²) in [4.78, 5) is 2.43. The van der Waals surface area contributed by atoms with E-state index in [0.717, 1.165) is 12.0 Å². The van der Waals surface area contributed by atoms with Crippen LogP contribution in [0, 0.1) is 0 Å². The number of likely N-dealkylation sites (N-methyl/N-ethyl adjacent to an activating group) is 1. The van der Waals surface area contributed by atoms with Crippen molar-refractivity contribution >= 4 is 12.6 Å². The van der Waals surface area contributed by atoms with Gasteiger partial charge in [-0.25, -0.2) is 0 Å². The van der Waals surface area contributed by atoms with E-state index in [4.69, 9.17) is 9.31 Å². The van der Waals surface area contributed by atoms with Gasteiger partial charge >= 0.3 is 7.12 Å². The SMILES string of the molecule is CN1CCC[C@H](c2ccc(B3OC(C)(C)C(C)(C)O3)cc2)C1. The predicted octanol–water partition coefficient (Wildman–Crippen LogP) is 2.80. The lowest BCUT2D eigenvalue weighted by Gasteiger charge is -2.32. The highest BCUT2D eigenvalue weighted by atomic mass is 16.7. The Balaban J connectivity index is 1.72. The lowest BCUT2D eigenvalue weighted by Crippen LogP contribution is -2.41. The van der Waals surface area contributed by atoms with Crippen LogP contribution in [0.3, 0.4) is 0 Å². The van der Waals surface area contributed by atoms with Gasteiger partial charge in [-0.1, -0.05) is 24.3 Å². The number of likely N-dealkylation sites (tertiary alicyclic amines) is 1. The molecule has 3 nitrogen and oxygen atoms in total. The molecule has 2 aliphatic heterocycles. The summed E-state index contributed by atoms with van der Waals surface area (Å²) < 4.78 is 12.2. The molecular weight excluding hydrogens is 273 g/mol. The molecule has 1 aromatic rings. The van der Waals surface area contributed by atoms with E-state index in [1.54, 1.807) is 0 Å². The van der Waals surface area contributed by atoms with E-state index < -0.39 is 0 Å². The van der Waals surface area contributed by atoms with Crippen molar-refractivity contribution in [1.29, 1.82) is 0 Å². The molecule has 0 amide bonds. The highest BCUT2D eigenvalue weighted by Gasteiger charge is 2.51. The van der Waals surface area contributed by atoms with E-state index in [2.05, 4.69) is 63.9 Å². The second kappa shape index (κ2) is 5.66. The Morgan fingerprint density at radius 1 is 1.05 bits per heavy atom. The number of hydrogen-bond acceptors (Lipinski definition) is 3. The zero-order valence-corrected chi connectivity index (χ0v) is 14.6. The first kappa shape index (κ1) is 16.0. The molecule has 3 rings (SSSR count). The predicted molar refractivity (Wildman–Crippen MR) is 91.6 cm³/mol. The Morgan fingerprint density at radius 3 is 2.18 bits per heavy atom. The van der Waals surface area contributed by atoms with Gasteiger partial charge in [-0.05, 0) is 71.1 Å². The monoisotopic (exact) mass is 301 g/mol. The van der Waals surface area contributed by atoms with Gasteiger partial charge in [0.05, 0.1) is 11.2 Å². The summed E-state index contributed by atoms with van der Waals surface area (Å²) in [6, 6.07) is 8.85. The Labute approximate surface area is 135 Å². The molecule has 1 aromatic carbocycles. The van der Waals surface area contributed by atoms with E-state index >= 15 is 0 Å². The molecule has 0 bridgehead atoms. The van der Waals surface area contributed by atoms with Crippen LogP contribution < -0.4 is 5.46 Å². The fourth-order valence-corrected chi connectivity index (χ4v) is 3.34. The first-order valence-electron chi connectivity index (χ1n) is 8.42. The summed E-state index contributed by atoms with van der Waals surface area (Å²) in [5.41, 5.74) is 2.00. The van der Waals surface area contributed by atoms with Gasteiger partial charge < -0.3 is 14.2 Å². The molecule has 0 aromatic heterocycles. The third-order valence-electron chi connectivity index (χ3n) is 5.56. The van der Waals surface area contributed by atoms with Crippen LogP contribution >= 0.6 is 0 Å². The smallest absolute Gasteiger partial charge is 0.399 e. The van der Waals surface area contributed by atoms with Gasteiger partial charge in [-0.3, -0.25) is 0 Å². The molecule has 2 fully saturated rings. The van der Waals surface area contributed by atoms with Crippen LogP contribution in [0.2, 0.25) is 0 Å². The molecular formula is C18H28BNO2. The molecule has 0 radical (unpaired) electrons. The van der Waals surface area contributed by atoms with E-state index in [9.17, 15) is 0 Å². The average molecular weight is 301 g/mol. The summed E-state index contributed by atoms with van der Waals surface area (Å²) in [6.45, 7) is 10.8. The first-order valence-corrected chi connectivity index (χ1v) is 8.42. The summed E-state index contributed by atoms with van der Waals surface area (Å²) in [6.07, 6.45) is 2.58. The van der Waals surface area contributed by atoms with Crippen LogP contribution in [0.4, 0.5) is 0 Å². The van der Waals surface area contributed by atoms with Crippen molar-refractivity contribution in [3.8, 4) is 0 Å². The van der Waals surface area contributed by atoms with E-state index in [1.807, 2.05) is 0 Å². The van der Waals surface area contributed by atoms with Crippen molar-refractivity contribution < 1.29 is 9.31 Å². The van der Waals surface area contributed by atoms with Crippen LogP contribution in [0.5, 0.6) is 0 Å². The quantitative estimate of drug-likeness (QED) is 0.784. The second-order valence-electron chi connectivity index (χ2n) is 7.86. The fraction of sp³-hybridized carbons (Fsp3) is 0.667. The summed E-state index contributed by atoms with van der Waals surface area (Å²) in [5, 5.41) is 0. The molecule has 4 heteroatoms. The Bertz CT molecular complexity index is 510. The van der Waals surface area contributed by atoms with E-state index in [0.29, 0.717) is 5.92 Å². The van der Waals surface area contributed by atoms with Gasteiger partial charge in [0.2, 0.25) is 0 Å². The third-order valence-corrected chi connectivity index (χ3v) is 5.56. The van der Waals surface area contributed by atoms with Crippen LogP contribution in [0.15, 0.2) is 24.3 Å². The van der Waals surface area contributed by atoms with Crippen molar-refractivity contribution in [3.05, 3.63) is 29.8 Å². The van der Waals surface area contributed by atoms with Gasteiger partial charge in [0.15, 0.2) is 0 Å². The number of benzene rings is 1. The summed E-state index contributed by atoms with van der Waals surface area (Å²) in [5.74, 6) is 0.658. The highest BCUT2D eigenvalue weighted by Crippen LogP contribution is 2.36.